The van der Waals surface area contributed by atoms with Gasteiger partial charge in [0.25, 0.3) is 0 Å². The van der Waals surface area contributed by atoms with Gasteiger partial charge in [-0.05, 0) is 48.4 Å². The van der Waals surface area contributed by atoms with Crippen molar-refractivity contribution in [2.45, 2.75) is 21.4 Å². The van der Waals surface area contributed by atoms with Crippen molar-refractivity contribution < 1.29 is 13.2 Å². The predicted octanol–water partition coefficient (Wildman–Crippen LogP) is 3.41. The molecule has 0 radical (unpaired) electrons. The first-order valence-corrected chi connectivity index (χ1v) is 11.6. The molecule has 1 aromatic heterocycles. The number of carbonyl (C=O) groups excluding carboxylic acids is 1. The summed E-state index contributed by atoms with van der Waals surface area (Å²) in [5.41, 5.74) is 1.09. The van der Waals surface area contributed by atoms with Crippen LogP contribution in [-0.4, -0.2) is 36.8 Å². The second kappa shape index (κ2) is 9.87. The number of amides is 1. The van der Waals surface area contributed by atoms with E-state index in [9.17, 15) is 13.2 Å². The Morgan fingerprint density at radius 2 is 1.69 bits per heavy atom. The highest BCUT2D eigenvalue weighted by Crippen LogP contribution is 2.20. The number of nitrogens with one attached hydrogen (secondary N) is 1. The first-order chi connectivity index (χ1) is 13.9. The number of nitrogens with zero attached hydrogens (tertiary/aromatic N) is 2. The lowest BCUT2D eigenvalue weighted by Crippen LogP contribution is -2.27. The molecule has 0 saturated carbocycles. The van der Waals surface area contributed by atoms with Gasteiger partial charge in [0.15, 0.2) is 5.03 Å². The molecular formula is C20H18ClN3O3S2. The predicted molar refractivity (Wildman–Crippen MR) is 113 cm³/mol. The van der Waals surface area contributed by atoms with Crippen molar-refractivity contribution in [3.05, 3.63) is 77.3 Å². The minimum absolute atomic E-state index is 0.125. The first-order valence-electron chi connectivity index (χ1n) is 8.73. The number of carbonyl (C=O) groups is 1. The van der Waals surface area contributed by atoms with Crippen molar-refractivity contribution in [2.75, 3.05) is 12.3 Å². The van der Waals surface area contributed by atoms with E-state index in [-0.39, 0.29) is 21.6 Å². The highest BCUT2D eigenvalue weighted by molar-refractivity contribution is 7.99. The summed E-state index contributed by atoms with van der Waals surface area (Å²) in [6.07, 6.45) is 0.708. The van der Waals surface area contributed by atoms with Gasteiger partial charge >= 0.3 is 0 Å². The fraction of sp³-hybridized carbons (Fsp3) is 0.150. The Bertz CT molecular complexity index is 1060. The van der Waals surface area contributed by atoms with E-state index in [1.807, 2.05) is 24.3 Å². The van der Waals surface area contributed by atoms with E-state index in [4.69, 9.17) is 11.6 Å². The average Bonchev–Trinajstić information content (AvgIpc) is 2.74. The number of hydrogen-bond donors (Lipinski definition) is 1. The summed E-state index contributed by atoms with van der Waals surface area (Å²) < 4.78 is 25.0. The standard InChI is InChI=1S/C20H18ClN3O3S2/c21-16-8-6-15(7-9-16)12-13-22-18(25)14-28-19-10-11-20(24-23-19)29(26,27)17-4-2-1-3-5-17/h1-11H,12-14H2,(H,22,25). The lowest BCUT2D eigenvalue weighted by Gasteiger charge is -2.06. The molecule has 3 rings (SSSR count). The van der Waals surface area contributed by atoms with E-state index in [2.05, 4.69) is 15.5 Å². The van der Waals surface area contributed by atoms with Crippen LogP contribution in [0.4, 0.5) is 0 Å². The zero-order valence-corrected chi connectivity index (χ0v) is 17.7. The number of aromatic nitrogens is 2. The summed E-state index contributed by atoms with van der Waals surface area (Å²) >= 11 is 7.04. The molecule has 6 nitrogen and oxygen atoms in total. The molecule has 1 N–H and O–H groups in total. The second-order valence-corrected chi connectivity index (χ2v) is 9.37. The quantitative estimate of drug-likeness (QED) is 0.532. The molecule has 0 saturated heterocycles. The average molecular weight is 448 g/mol. The van der Waals surface area contributed by atoms with E-state index in [1.54, 1.807) is 24.3 Å². The summed E-state index contributed by atoms with van der Waals surface area (Å²) in [4.78, 5) is 12.1. The maximum atomic E-state index is 12.5. The fourth-order valence-electron chi connectivity index (χ4n) is 2.44. The zero-order valence-electron chi connectivity index (χ0n) is 15.3. The van der Waals surface area contributed by atoms with Crippen LogP contribution in [0.25, 0.3) is 0 Å². The molecule has 0 bridgehead atoms. The van der Waals surface area contributed by atoms with Crippen LogP contribution in [0.1, 0.15) is 5.56 Å². The van der Waals surface area contributed by atoms with E-state index < -0.39 is 9.84 Å². The van der Waals surface area contributed by atoms with Gasteiger partial charge in [0.2, 0.25) is 15.7 Å². The highest BCUT2D eigenvalue weighted by Gasteiger charge is 2.19. The van der Waals surface area contributed by atoms with Crippen molar-refractivity contribution in [1.82, 2.24) is 15.5 Å². The van der Waals surface area contributed by atoms with Crippen molar-refractivity contribution in [2.24, 2.45) is 0 Å². The molecule has 29 heavy (non-hydrogen) atoms. The molecular weight excluding hydrogens is 430 g/mol. The summed E-state index contributed by atoms with van der Waals surface area (Å²) in [7, 11) is -3.70. The minimum atomic E-state index is -3.70. The number of hydrogen-bond acceptors (Lipinski definition) is 6. The molecule has 150 valence electrons. The number of sulfone groups is 1. The maximum absolute atomic E-state index is 12.5. The molecule has 0 fully saturated rings. The molecule has 0 unspecified atom stereocenters. The lowest BCUT2D eigenvalue weighted by atomic mass is 10.1. The van der Waals surface area contributed by atoms with Crippen LogP contribution in [-0.2, 0) is 21.1 Å². The van der Waals surface area contributed by atoms with E-state index >= 15 is 0 Å². The molecule has 2 aromatic carbocycles. The van der Waals surface area contributed by atoms with Crippen molar-refractivity contribution in [1.29, 1.82) is 0 Å². The number of rotatable bonds is 8. The topological polar surface area (TPSA) is 89.0 Å². The van der Waals surface area contributed by atoms with Gasteiger partial charge in [-0.15, -0.1) is 10.2 Å². The van der Waals surface area contributed by atoms with Crippen LogP contribution in [0.15, 0.2) is 81.7 Å². The van der Waals surface area contributed by atoms with Gasteiger partial charge in [-0.2, -0.15) is 0 Å². The second-order valence-electron chi connectivity index (χ2n) is 6.04. The number of benzene rings is 2. The third-order valence-electron chi connectivity index (χ3n) is 3.94. The zero-order chi connectivity index (χ0) is 20.7. The molecule has 1 amide bonds. The summed E-state index contributed by atoms with van der Waals surface area (Å²) in [5, 5.41) is 11.6. The van der Waals surface area contributed by atoms with E-state index in [0.717, 1.165) is 5.56 Å². The van der Waals surface area contributed by atoms with Crippen LogP contribution in [0.3, 0.4) is 0 Å². The van der Waals surface area contributed by atoms with E-state index in [0.29, 0.717) is 23.0 Å². The maximum Gasteiger partial charge on any atom is 0.230 e. The van der Waals surface area contributed by atoms with Crippen LogP contribution in [0.2, 0.25) is 5.02 Å². The largest absolute Gasteiger partial charge is 0.355 e. The fourth-order valence-corrected chi connectivity index (χ4v) is 4.36. The van der Waals surface area contributed by atoms with Gasteiger partial charge in [-0.25, -0.2) is 8.42 Å². The molecule has 0 atom stereocenters. The lowest BCUT2D eigenvalue weighted by molar-refractivity contribution is -0.118. The Balaban J connectivity index is 1.48. The van der Waals surface area contributed by atoms with Crippen LogP contribution in [0, 0.1) is 0 Å². The normalized spacial score (nSPS) is 11.2. The van der Waals surface area contributed by atoms with Crippen LogP contribution < -0.4 is 5.32 Å². The third kappa shape index (κ3) is 6.03. The van der Waals surface area contributed by atoms with Crippen molar-refractivity contribution in [3.8, 4) is 0 Å². The Morgan fingerprint density at radius 3 is 2.34 bits per heavy atom. The SMILES string of the molecule is O=C(CSc1ccc(S(=O)(=O)c2ccccc2)nn1)NCCc1ccc(Cl)cc1. The Morgan fingerprint density at radius 1 is 0.966 bits per heavy atom. The Hall–Kier alpha value is -2.42. The molecule has 9 heteroatoms. The number of thioether (sulfide) groups is 1. The molecule has 1 heterocycles. The monoisotopic (exact) mass is 447 g/mol. The summed E-state index contributed by atoms with van der Waals surface area (Å²) in [6, 6.07) is 18.5. The minimum Gasteiger partial charge on any atom is -0.355 e. The molecule has 0 aliphatic carbocycles. The molecule has 0 spiro atoms. The van der Waals surface area contributed by atoms with Crippen molar-refractivity contribution >= 4 is 39.1 Å². The smallest absolute Gasteiger partial charge is 0.230 e. The first kappa shape index (κ1) is 21.3. The molecule has 3 aromatic rings. The van der Waals surface area contributed by atoms with E-state index in [1.165, 1.54) is 30.0 Å². The molecule has 0 aliphatic heterocycles. The van der Waals surface area contributed by atoms with Gasteiger partial charge in [0.1, 0.15) is 5.03 Å². The Labute approximate surface area is 178 Å². The summed E-state index contributed by atoms with van der Waals surface area (Å²) in [6.45, 7) is 0.515. The van der Waals surface area contributed by atoms with Gasteiger partial charge in [-0.1, -0.05) is 53.7 Å². The van der Waals surface area contributed by atoms with Gasteiger partial charge in [-0.3, -0.25) is 4.79 Å². The summed E-state index contributed by atoms with van der Waals surface area (Å²) in [5.74, 6) is 0.0341. The van der Waals surface area contributed by atoms with Gasteiger partial charge in [0.05, 0.1) is 10.6 Å². The van der Waals surface area contributed by atoms with Crippen molar-refractivity contribution in [3.63, 3.8) is 0 Å². The number of halogens is 1. The van der Waals surface area contributed by atoms with Gasteiger partial charge < -0.3 is 5.32 Å². The van der Waals surface area contributed by atoms with Crippen LogP contribution >= 0.6 is 23.4 Å². The third-order valence-corrected chi connectivity index (χ3v) is 6.78. The Kier molecular flexibility index (Phi) is 7.24. The van der Waals surface area contributed by atoms with Crippen LogP contribution in [0.5, 0.6) is 0 Å². The van der Waals surface area contributed by atoms with Gasteiger partial charge in [0, 0.05) is 11.6 Å². The highest BCUT2D eigenvalue weighted by atomic mass is 35.5. The molecule has 0 aliphatic rings.